The van der Waals surface area contributed by atoms with Gasteiger partial charge < -0.3 is 20.9 Å². The van der Waals surface area contributed by atoms with Gasteiger partial charge in [-0.3, -0.25) is 14.4 Å². The van der Waals surface area contributed by atoms with Crippen molar-refractivity contribution in [1.29, 1.82) is 0 Å². The molecule has 0 spiro atoms. The molecule has 8 nitrogen and oxygen atoms in total. The number of aryl methyl sites for hydroxylation is 1. The van der Waals surface area contributed by atoms with Crippen LogP contribution in [-0.4, -0.2) is 27.3 Å². The minimum absolute atomic E-state index is 0.0582. The minimum Gasteiger partial charge on any atom is -0.364 e. The number of aromatic nitrogens is 2. The minimum atomic E-state index is -0.568. The molecule has 0 aliphatic rings. The Morgan fingerprint density at radius 3 is 2.52 bits per heavy atom. The van der Waals surface area contributed by atoms with E-state index in [2.05, 4.69) is 15.6 Å². The number of carbonyl (C=O) groups is 3. The molecule has 0 radical (unpaired) electrons. The molecular formula is C16H21N5O3S. The van der Waals surface area contributed by atoms with Gasteiger partial charge in [-0.05, 0) is 6.07 Å². The van der Waals surface area contributed by atoms with Crippen LogP contribution in [0.5, 0.6) is 0 Å². The second-order valence-corrected chi connectivity index (χ2v) is 7.52. The fraction of sp³-hybridized carbons (Fsp3) is 0.375. The predicted octanol–water partition coefficient (Wildman–Crippen LogP) is 1.75. The van der Waals surface area contributed by atoms with E-state index in [1.807, 2.05) is 20.8 Å². The van der Waals surface area contributed by atoms with E-state index in [9.17, 15) is 14.4 Å². The highest BCUT2D eigenvalue weighted by atomic mass is 32.1. The first-order chi connectivity index (χ1) is 11.6. The van der Waals surface area contributed by atoms with Crippen LogP contribution in [0.25, 0.3) is 0 Å². The molecule has 2 aromatic heterocycles. The number of hydrogen-bond acceptors (Lipinski definition) is 5. The number of nitrogens with zero attached hydrogens (tertiary/aromatic N) is 2. The molecule has 0 saturated carbocycles. The Morgan fingerprint density at radius 1 is 1.28 bits per heavy atom. The molecule has 0 fully saturated rings. The largest absolute Gasteiger partial charge is 0.364 e. The topological polar surface area (TPSA) is 119 Å². The monoisotopic (exact) mass is 363 g/mol. The van der Waals surface area contributed by atoms with Crippen LogP contribution in [0.1, 0.15) is 37.0 Å². The number of hydrogen-bond donors (Lipinski definition) is 3. The van der Waals surface area contributed by atoms with Gasteiger partial charge in [-0.2, -0.15) is 0 Å². The van der Waals surface area contributed by atoms with E-state index in [0.29, 0.717) is 22.2 Å². The molecule has 134 valence electrons. The van der Waals surface area contributed by atoms with E-state index in [1.165, 1.54) is 17.4 Å². The van der Waals surface area contributed by atoms with Gasteiger partial charge in [0.15, 0.2) is 5.13 Å². The number of rotatable bonds is 5. The molecule has 2 rings (SSSR count). The molecule has 0 aromatic carbocycles. The molecule has 4 N–H and O–H groups in total. The number of nitrogens with two attached hydrogens (primary N) is 1. The smallest absolute Gasteiger partial charge is 0.265 e. The van der Waals surface area contributed by atoms with Gasteiger partial charge in [-0.1, -0.05) is 20.8 Å². The quantitative estimate of drug-likeness (QED) is 0.749. The van der Waals surface area contributed by atoms with Crippen LogP contribution < -0.4 is 16.4 Å². The van der Waals surface area contributed by atoms with Crippen LogP contribution in [0, 0.1) is 5.41 Å². The zero-order valence-electron chi connectivity index (χ0n) is 14.5. The van der Waals surface area contributed by atoms with Crippen molar-refractivity contribution in [2.24, 2.45) is 18.2 Å². The van der Waals surface area contributed by atoms with E-state index in [4.69, 9.17) is 5.73 Å². The van der Waals surface area contributed by atoms with E-state index >= 15 is 0 Å². The lowest BCUT2D eigenvalue weighted by Crippen LogP contribution is -2.27. The van der Waals surface area contributed by atoms with Gasteiger partial charge in [0.2, 0.25) is 11.8 Å². The Balaban J connectivity index is 1.96. The van der Waals surface area contributed by atoms with Crippen molar-refractivity contribution in [3.63, 3.8) is 0 Å². The highest BCUT2D eigenvalue weighted by Crippen LogP contribution is 2.21. The zero-order chi connectivity index (χ0) is 18.8. The number of carbonyl (C=O) groups excluding carboxylic acids is 3. The van der Waals surface area contributed by atoms with E-state index in [1.54, 1.807) is 23.2 Å². The third kappa shape index (κ3) is 4.90. The van der Waals surface area contributed by atoms with Gasteiger partial charge in [-0.15, -0.1) is 11.3 Å². The van der Waals surface area contributed by atoms with Crippen LogP contribution >= 0.6 is 11.3 Å². The standard InChI is InChI=1S/C16H21N5O3S/c1-16(2,3)14(24)20-15-19-10(8-25-15)6-12(22)18-9-5-11(13(17)23)21(4)7-9/h5,7-8H,6H2,1-4H3,(H2,17,23)(H,18,22)(H,19,20,24). The number of amides is 3. The summed E-state index contributed by atoms with van der Waals surface area (Å²) < 4.78 is 1.54. The number of anilines is 2. The lowest BCUT2D eigenvalue weighted by molar-refractivity contribution is -0.123. The Bertz CT molecular complexity index is 816. The van der Waals surface area contributed by atoms with Crippen LogP contribution in [0.15, 0.2) is 17.6 Å². The van der Waals surface area contributed by atoms with Gasteiger partial charge in [0.1, 0.15) is 5.69 Å². The van der Waals surface area contributed by atoms with Crippen molar-refractivity contribution in [2.45, 2.75) is 27.2 Å². The van der Waals surface area contributed by atoms with Crippen LogP contribution in [-0.2, 0) is 23.1 Å². The first-order valence-electron chi connectivity index (χ1n) is 7.58. The van der Waals surface area contributed by atoms with Gasteiger partial charge >= 0.3 is 0 Å². The summed E-state index contributed by atoms with van der Waals surface area (Å²) in [5.74, 6) is -0.983. The average molecular weight is 363 g/mol. The molecular weight excluding hydrogens is 342 g/mol. The van der Waals surface area contributed by atoms with Gasteiger partial charge in [0.25, 0.3) is 5.91 Å². The fourth-order valence-corrected chi connectivity index (χ4v) is 2.68. The summed E-state index contributed by atoms with van der Waals surface area (Å²) in [6.07, 6.45) is 1.66. The van der Waals surface area contributed by atoms with E-state index < -0.39 is 11.3 Å². The van der Waals surface area contributed by atoms with E-state index in [0.717, 1.165) is 0 Å². The lowest BCUT2D eigenvalue weighted by atomic mass is 9.96. The third-order valence-corrected chi connectivity index (χ3v) is 4.14. The Hall–Kier alpha value is -2.68. The van der Waals surface area contributed by atoms with Crippen molar-refractivity contribution in [2.75, 3.05) is 10.6 Å². The summed E-state index contributed by atoms with van der Waals surface area (Å²) in [6, 6.07) is 1.51. The second kappa shape index (κ2) is 7.06. The summed E-state index contributed by atoms with van der Waals surface area (Å²) in [7, 11) is 1.67. The first-order valence-corrected chi connectivity index (χ1v) is 8.46. The molecule has 2 heterocycles. The van der Waals surface area contributed by atoms with Crippen molar-refractivity contribution in [3.05, 3.63) is 29.0 Å². The van der Waals surface area contributed by atoms with Crippen molar-refractivity contribution in [3.8, 4) is 0 Å². The number of primary amides is 1. The van der Waals surface area contributed by atoms with Crippen molar-refractivity contribution < 1.29 is 14.4 Å². The Labute approximate surface area is 149 Å². The molecule has 3 amide bonds. The summed E-state index contributed by atoms with van der Waals surface area (Å²) in [4.78, 5) is 39.5. The fourth-order valence-electron chi connectivity index (χ4n) is 1.98. The molecule has 0 unspecified atom stereocenters. The second-order valence-electron chi connectivity index (χ2n) is 6.66. The molecule has 2 aromatic rings. The van der Waals surface area contributed by atoms with Crippen molar-refractivity contribution in [1.82, 2.24) is 9.55 Å². The van der Waals surface area contributed by atoms with Gasteiger partial charge in [-0.25, -0.2) is 4.98 Å². The molecule has 0 atom stereocenters. The SMILES string of the molecule is Cn1cc(NC(=O)Cc2csc(NC(=O)C(C)(C)C)n2)cc1C(N)=O. The van der Waals surface area contributed by atoms with Gasteiger partial charge in [0, 0.05) is 24.0 Å². The number of nitrogens with one attached hydrogen (secondary N) is 2. The van der Waals surface area contributed by atoms with Crippen LogP contribution in [0.2, 0.25) is 0 Å². The highest BCUT2D eigenvalue weighted by molar-refractivity contribution is 7.13. The van der Waals surface area contributed by atoms with Gasteiger partial charge in [0.05, 0.1) is 17.8 Å². The lowest BCUT2D eigenvalue weighted by Gasteiger charge is -2.15. The molecule has 9 heteroatoms. The zero-order valence-corrected chi connectivity index (χ0v) is 15.4. The summed E-state index contributed by atoms with van der Waals surface area (Å²) >= 11 is 1.26. The van der Waals surface area contributed by atoms with Crippen LogP contribution in [0.3, 0.4) is 0 Å². The summed E-state index contributed by atoms with van der Waals surface area (Å²) in [5.41, 5.74) is 6.06. The molecule has 25 heavy (non-hydrogen) atoms. The molecule has 0 saturated heterocycles. The van der Waals surface area contributed by atoms with Crippen molar-refractivity contribution >= 4 is 39.9 Å². The average Bonchev–Trinajstić information content (AvgIpc) is 3.04. The molecule has 0 bridgehead atoms. The third-order valence-electron chi connectivity index (χ3n) is 3.34. The maximum absolute atomic E-state index is 12.1. The predicted molar refractivity (Wildman–Crippen MR) is 96.5 cm³/mol. The highest BCUT2D eigenvalue weighted by Gasteiger charge is 2.22. The Kier molecular flexibility index (Phi) is 5.27. The van der Waals surface area contributed by atoms with E-state index in [-0.39, 0.29) is 18.2 Å². The normalized spacial score (nSPS) is 11.2. The van der Waals surface area contributed by atoms with Crippen LogP contribution in [0.4, 0.5) is 10.8 Å². The molecule has 0 aliphatic carbocycles. The maximum Gasteiger partial charge on any atom is 0.265 e. The molecule has 0 aliphatic heterocycles. The number of thiazole rings is 1. The summed E-state index contributed by atoms with van der Waals surface area (Å²) in [5, 5.41) is 7.60. The maximum atomic E-state index is 12.1. The Morgan fingerprint density at radius 2 is 1.96 bits per heavy atom. The summed E-state index contributed by atoms with van der Waals surface area (Å²) in [6.45, 7) is 5.43. The first kappa shape index (κ1) is 18.7.